The maximum atomic E-state index is 6.19. The van der Waals surface area contributed by atoms with Crippen LogP contribution in [0.5, 0.6) is 0 Å². The van der Waals surface area contributed by atoms with Gasteiger partial charge < -0.3 is 11.5 Å². The van der Waals surface area contributed by atoms with E-state index >= 15 is 0 Å². The second-order valence-corrected chi connectivity index (χ2v) is 5.71. The SMILES string of the molecule is CC1(C)N=C(N)N=C(N)N1c1cc(Cl)c(Cl)cc1Cl. The highest BCUT2D eigenvalue weighted by Gasteiger charge is 2.34. The minimum absolute atomic E-state index is 0.120. The van der Waals surface area contributed by atoms with Gasteiger partial charge in [0.25, 0.3) is 0 Å². The number of guanidine groups is 2. The maximum absolute atomic E-state index is 6.19. The van der Waals surface area contributed by atoms with Crippen LogP contribution in [0.15, 0.2) is 22.1 Å². The first kappa shape index (κ1) is 14.2. The predicted octanol–water partition coefficient (Wildman–Crippen LogP) is 2.83. The molecule has 102 valence electrons. The van der Waals surface area contributed by atoms with Crippen molar-refractivity contribution in [3.63, 3.8) is 0 Å². The molecule has 0 aliphatic carbocycles. The summed E-state index contributed by atoms with van der Waals surface area (Å²) < 4.78 is 0. The van der Waals surface area contributed by atoms with E-state index in [1.165, 1.54) is 0 Å². The van der Waals surface area contributed by atoms with Gasteiger partial charge in [-0.25, -0.2) is 4.99 Å². The summed E-state index contributed by atoms with van der Waals surface area (Å²) >= 11 is 18.1. The molecule has 0 fully saturated rings. The lowest BCUT2D eigenvalue weighted by Crippen LogP contribution is -2.54. The molecule has 0 aromatic heterocycles. The normalized spacial score (nSPS) is 18.1. The molecule has 19 heavy (non-hydrogen) atoms. The summed E-state index contributed by atoms with van der Waals surface area (Å²) in [7, 11) is 0. The summed E-state index contributed by atoms with van der Waals surface area (Å²) in [5.74, 6) is 0.313. The Bertz CT molecular complexity index is 594. The predicted molar refractivity (Wildman–Crippen MR) is 81.3 cm³/mol. The molecule has 1 aromatic carbocycles. The van der Waals surface area contributed by atoms with Crippen molar-refractivity contribution in [2.75, 3.05) is 4.90 Å². The topological polar surface area (TPSA) is 80.0 Å². The molecule has 0 saturated heterocycles. The molecule has 0 bridgehead atoms. The van der Waals surface area contributed by atoms with Crippen LogP contribution in [0.3, 0.4) is 0 Å². The molecule has 0 unspecified atom stereocenters. The van der Waals surface area contributed by atoms with Gasteiger partial charge in [-0.15, -0.1) is 0 Å². The first-order chi connectivity index (χ1) is 8.72. The summed E-state index contributed by atoms with van der Waals surface area (Å²) in [6.45, 7) is 3.67. The van der Waals surface area contributed by atoms with Gasteiger partial charge in [0.1, 0.15) is 5.66 Å². The van der Waals surface area contributed by atoms with Crippen molar-refractivity contribution >= 4 is 52.4 Å². The van der Waals surface area contributed by atoms with Crippen LogP contribution in [0.25, 0.3) is 0 Å². The van der Waals surface area contributed by atoms with Gasteiger partial charge in [0.05, 0.1) is 20.8 Å². The van der Waals surface area contributed by atoms with Gasteiger partial charge in [-0.2, -0.15) is 4.99 Å². The van der Waals surface area contributed by atoms with Crippen molar-refractivity contribution in [2.24, 2.45) is 21.5 Å². The Morgan fingerprint density at radius 2 is 1.63 bits per heavy atom. The molecular formula is C11H12Cl3N5. The number of benzene rings is 1. The van der Waals surface area contributed by atoms with Crippen LogP contribution in [0.4, 0.5) is 5.69 Å². The van der Waals surface area contributed by atoms with Gasteiger partial charge in [-0.3, -0.25) is 4.90 Å². The second kappa shape index (κ2) is 4.74. The Morgan fingerprint density at radius 3 is 2.21 bits per heavy atom. The number of hydrogen-bond acceptors (Lipinski definition) is 5. The lowest BCUT2D eigenvalue weighted by Gasteiger charge is -2.38. The largest absolute Gasteiger partial charge is 0.369 e. The van der Waals surface area contributed by atoms with Gasteiger partial charge in [0.15, 0.2) is 0 Å². The monoisotopic (exact) mass is 319 g/mol. The van der Waals surface area contributed by atoms with E-state index in [1.54, 1.807) is 17.0 Å². The number of aliphatic imine (C=N–C) groups is 2. The second-order valence-electron chi connectivity index (χ2n) is 4.49. The first-order valence-electron chi connectivity index (χ1n) is 5.36. The Balaban J connectivity index is 2.59. The number of nitrogens with two attached hydrogens (primary N) is 2. The van der Waals surface area contributed by atoms with Crippen molar-refractivity contribution in [3.8, 4) is 0 Å². The van der Waals surface area contributed by atoms with E-state index in [0.717, 1.165) is 0 Å². The van der Waals surface area contributed by atoms with Crippen molar-refractivity contribution < 1.29 is 0 Å². The van der Waals surface area contributed by atoms with Crippen LogP contribution >= 0.6 is 34.8 Å². The molecule has 1 aliphatic heterocycles. The van der Waals surface area contributed by atoms with Gasteiger partial charge >= 0.3 is 0 Å². The fraction of sp³-hybridized carbons (Fsp3) is 0.273. The average Bonchev–Trinajstić information content (AvgIpc) is 2.22. The summed E-state index contributed by atoms with van der Waals surface area (Å²) in [6.07, 6.45) is 0. The fourth-order valence-corrected chi connectivity index (χ4v) is 2.53. The van der Waals surface area contributed by atoms with E-state index in [2.05, 4.69) is 9.98 Å². The van der Waals surface area contributed by atoms with Crippen LogP contribution in [0.1, 0.15) is 13.8 Å². The zero-order valence-electron chi connectivity index (χ0n) is 10.3. The molecule has 1 heterocycles. The number of hydrogen-bond donors (Lipinski definition) is 2. The summed E-state index contributed by atoms with van der Waals surface area (Å²) in [4.78, 5) is 9.82. The molecule has 0 spiro atoms. The third kappa shape index (κ3) is 2.59. The standard InChI is InChI=1S/C11H12Cl3N5/c1-11(2)18-9(15)17-10(16)19(11)8-4-6(13)5(12)3-7(8)14/h3-4H,1-2H3,(H4,15,16,17,18). The van der Waals surface area contributed by atoms with Crippen molar-refractivity contribution in [2.45, 2.75) is 19.5 Å². The molecule has 2 rings (SSSR count). The number of nitrogens with zero attached hydrogens (tertiary/aromatic N) is 3. The van der Waals surface area contributed by atoms with Crippen molar-refractivity contribution in [3.05, 3.63) is 27.2 Å². The lowest BCUT2D eigenvalue weighted by molar-refractivity contribution is 0.534. The number of rotatable bonds is 1. The minimum atomic E-state index is -0.725. The highest BCUT2D eigenvalue weighted by molar-refractivity contribution is 6.44. The molecular weight excluding hydrogens is 309 g/mol. The Kier molecular flexibility index (Phi) is 3.55. The molecule has 4 N–H and O–H groups in total. The zero-order chi connectivity index (χ0) is 14.4. The Labute approximate surface area is 125 Å². The maximum Gasteiger partial charge on any atom is 0.220 e. The van der Waals surface area contributed by atoms with Crippen molar-refractivity contribution in [1.29, 1.82) is 0 Å². The number of halogens is 3. The third-order valence-corrected chi connectivity index (χ3v) is 3.65. The Hall–Kier alpha value is -1.17. The molecule has 5 nitrogen and oxygen atoms in total. The average molecular weight is 321 g/mol. The summed E-state index contributed by atoms with van der Waals surface area (Å²) in [5, 5.41) is 1.13. The van der Waals surface area contributed by atoms with Gasteiger partial charge in [0, 0.05) is 0 Å². The minimum Gasteiger partial charge on any atom is -0.369 e. The van der Waals surface area contributed by atoms with Gasteiger partial charge in [-0.05, 0) is 26.0 Å². The van der Waals surface area contributed by atoms with E-state index in [-0.39, 0.29) is 11.9 Å². The van der Waals surface area contributed by atoms with Gasteiger partial charge in [-0.1, -0.05) is 34.8 Å². The van der Waals surface area contributed by atoms with E-state index < -0.39 is 5.66 Å². The zero-order valence-corrected chi connectivity index (χ0v) is 12.6. The van der Waals surface area contributed by atoms with Crippen LogP contribution in [-0.4, -0.2) is 17.6 Å². The molecule has 1 aliphatic rings. The van der Waals surface area contributed by atoms with Crippen LogP contribution < -0.4 is 16.4 Å². The molecule has 0 atom stereocenters. The van der Waals surface area contributed by atoms with E-state index in [1.807, 2.05) is 13.8 Å². The molecule has 8 heteroatoms. The van der Waals surface area contributed by atoms with Crippen LogP contribution in [-0.2, 0) is 0 Å². The van der Waals surface area contributed by atoms with E-state index in [0.29, 0.717) is 20.8 Å². The van der Waals surface area contributed by atoms with E-state index in [9.17, 15) is 0 Å². The highest BCUT2D eigenvalue weighted by atomic mass is 35.5. The molecule has 0 radical (unpaired) electrons. The first-order valence-corrected chi connectivity index (χ1v) is 6.50. The summed E-state index contributed by atoms with van der Waals surface area (Å²) in [6, 6.07) is 3.17. The lowest BCUT2D eigenvalue weighted by atomic mass is 10.1. The Morgan fingerprint density at radius 1 is 1.05 bits per heavy atom. The van der Waals surface area contributed by atoms with Crippen molar-refractivity contribution in [1.82, 2.24) is 0 Å². The van der Waals surface area contributed by atoms with E-state index in [4.69, 9.17) is 46.3 Å². The van der Waals surface area contributed by atoms with Crippen LogP contribution in [0, 0.1) is 0 Å². The van der Waals surface area contributed by atoms with Gasteiger partial charge in [0.2, 0.25) is 11.9 Å². The molecule has 0 saturated carbocycles. The summed E-state index contributed by atoms with van der Waals surface area (Å²) in [5.41, 5.74) is 11.4. The van der Waals surface area contributed by atoms with Crippen LogP contribution in [0.2, 0.25) is 15.1 Å². The highest BCUT2D eigenvalue weighted by Crippen LogP contribution is 2.38. The molecule has 0 amide bonds. The molecule has 1 aromatic rings. The number of anilines is 1. The quantitative estimate of drug-likeness (QED) is 0.781. The smallest absolute Gasteiger partial charge is 0.220 e. The fourth-order valence-electron chi connectivity index (χ4n) is 1.90. The third-order valence-electron chi connectivity index (χ3n) is 2.62.